The minimum absolute atomic E-state index is 0.0807. The number of hydrogen-bond donors (Lipinski definition) is 0. The highest BCUT2D eigenvalue weighted by Crippen LogP contribution is 2.41. The Morgan fingerprint density at radius 1 is 0.630 bits per heavy atom. The molecule has 0 fully saturated rings. The quantitative estimate of drug-likeness (QED) is 0.0396. The summed E-state index contributed by atoms with van der Waals surface area (Å²) in [5.41, 5.74) is 12.3. The van der Waals surface area contributed by atoms with Gasteiger partial charge in [-0.15, -0.1) is 0 Å². The van der Waals surface area contributed by atoms with Crippen molar-refractivity contribution in [2.45, 2.75) is 23.9 Å². The Morgan fingerprint density at radius 2 is 1.06 bits per heavy atom. The molecule has 6 rings (SSSR count). The predicted octanol–water partition coefficient (Wildman–Crippen LogP) is 8.82. The Hall–Kier alpha value is -6.55. The van der Waals surface area contributed by atoms with Crippen LogP contribution in [0.3, 0.4) is 0 Å². The number of rotatable bonds is 17. The van der Waals surface area contributed by atoms with Crippen LogP contribution in [0.4, 0.5) is 5.95 Å². The molecule has 0 bridgehead atoms. The van der Waals surface area contributed by atoms with E-state index in [0.29, 0.717) is 34.5 Å². The monoisotopic (exact) mass is 722 g/mol. The van der Waals surface area contributed by atoms with E-state index in [1.54, 1.807) is 80.0 Å². The molecule has 11 heteroatoms. The highest BCUT2D eigenvalue weighted by Gasteiger charge is 2.41. The van der Waals surface area contributed by atoms with Gasteiger partial charge in [0, 0.05) is 37.0 Å². The maximum Gasteiger partial charge on any atom is 0.224 e. The minimum Gasteiger partial charge on any atom is -0.497 e. The lowest BCUT2D eigenvalue weighted by Crippen LogP contribution is -2.44. The average molecular weight is 723 g/mol. The van der Waals surface area contributed by atoms with E-state index < -0.39 is 23.9 Å². The Labute approximate surface area is 315 Å². The number of nitrogens with zero attached hydrogens (tertiary/aromatic N) is 6. The third-order valence-corrected chi connectivity index (χ3v) is 8.93. The van der Waals surface area contributed by atoms with Crippen LogP contribution in [0, 0.1) is 0 Å². The smallest absolute Gasteiger partial charge is 0.224 e. The van der Waals surface area contributed by atoms with Crippen LogP contribution in [0.15, 0.2) is 157 Å². The standard InChI is InChI=1S/C43H42N6O5/c1-49(2)42-45-28-31(29-46-42)40(53-37-24-20-35(50-3)21-25-37)41(54-38-26-22-36(51-4)23-27-38)39(47-48-44)30-52-43(32-14-8-5-9-15-32,33-16-10-6-11-17-33)34-18-12-7-13-19-34/h5-29,39-41H,30H2,1-4H3/t39?,40-,41+/m1/s1. The van der Waals surface area contributed by atoms with Crippen molar-refractivity contribution >= 4 is 5.95 Å². The summed E-state index contributed by atoms with van der Waals surface area (Å²) in [6.45, 7) is -0.0807. The van der Waals surface area contributed by atoms with Crippen molar-refractivity contribution in [1.82, 2.24) is 9.97 Å². The van der Waals surface area contributed by atoms with Gasteiger partial charge in [0.25, 0.3) is 0 Å². The summed E-state index contributed by atoms with van der Waals surface area (Å²) in [6, 6.07) is 43.4. The van der Waals surface area contributed by atoms with E-state index in [-0.39, 0.29) is 6.61 Å². The number of hydrogen-bond acceptors (Lipinski definition) is 9. The third-order valence-electron chi connectivity index (χ3n) is 8.93. The Bertz CT molecular complexity index is 1980. The SMILES string of the molecule is COc1ccc(O[C@H](c2cnc(N(C)C)nc2)[C@@H](Oc2ccc(OC)cc2)C(COC(c2ccccc2)(c2ccccc2)c2ccccc2)N=[N+]=[N-])cc1. The molecule has 0 saturated carbocycles. The van der Waals surface area contributed by atoms with Gasteiger partial charge in [0.1, 0.15) is 34.6 Å². The van der Waals surface area contributed by atoms with Crippen LogP contribution in [-0.4, -0.2) is 57.0 Å². The summed E-state index contributed by atoms with van der Waals surface area (Å²) in [4.78, 5) is 14.3. The van der Waals surface area contributed by atoms with Gasteiger partial charge < -0.3 is 28.6 Å². The summed E-state index contributed by atoms with van der Waals surface area (Å²) in [5.74, 6) is 2.86. The average Bonchev–Trinajstić information content (AvgIpc) is 3.23. The zero-order chi connectivity index (χ0) is 37.8. The van der Waals surface area contributed by atoms with Gasteiger partial charge in [-0.1, -0.05) is 96.1 Å². The molecule has 1 unspecified atom stereocenters. The van der Waals surface area contributed by atoms with Gasteiger partial charge in [-0.2, -0.15) is 0 Å². The first-order valence-corrected chi connectivity index (χ1v) is 17.4. The van der Waals surface area contributed by atoms with E-state index in [1.807, 2.05) is 105 Å². The summed E-state index contributed by atoms with van der Waals surface area (Å²) in [6.07, 6.45) is 1.52. The van der Waals surface area contributed by atoms with Crippen molar-refractivity contribution in [1.29, 1.82) is 0 Å². The van der Waals surface area contributed by atoms with E-state index >= 15 is 0 Å². The zero-order valence-corrected chi connectivity index (χ0v) is 30.6. The molecule has 274 valence electrons. The molecule has 0 spiro atoms. The maximum absolute atomic E-state index is 10.1. The van der Waals surface area contributed by atoms with Crippen molar-refractivity contribution in [2.24, 2.45) is 5.11 Å². The Morgan fingerprint density at radius 3 is 1.46 bits per heavy atom. The normalized spacial score (nSPS) is 12.7. The first-order chi connectivity index (χ1) is 26.4. The van der Waals surface area contributed by atoms with E-state index in [2.05, 4.69) is 20.0 Å². The molecule has 0 radical (unpaired) electrons. The van der Waals surface area contributed by atoms with Crippen molar-refractivity contribution in [3.05, 3.63) is 185 Å². The molecule has 0 aliphatic heterocycles. The van der Waals surface area contributed by atoms with E-state index in [9.17, 15) is 5.53 Å². The molecule has 11 nitrogen and oxygen atoms in total. The maximum atomic E-state index is 10.1. The molecule has 0 N–H and O–H groups in total. The summed E-state index contributed by atoms with van der Waals surface area (Å²) in [7, 11) is 6.93. The lowest BCUT2D eigenvalue weighted by molar-refractivity contribution is -0.0344. The van der Waals surface area contributed by atoms with Crippen LogP contribution in [0.2, 0.25) is 0 Å². The van der Waals surface area contributed by atoms with Crippen LogP contribution < -0.4 is 23.8 Å². The molecule has 3 atom stereocenters. The fourth-order valence-electron chi connectivity index (χ4n) is 6.23. The molecule has 54 heavy (non-hydrogen) atoms. The van der Waals surface area contributed by atoms with Crippen LogP contribution in [0.1, 0.15) is 28.4 Å². The summed E-state index contributed by atoms with van der Waals surface area (Å²) >= 11 is 0. The third kappa shape index (κ3) is 8.56. The second-order valence-electron chi connectivity index (χ2n) is 12.5. The van der Waals surface area contributed by atoms with Gasteiger partial charge in [-0.05, 0) is 70.8 Å². The number of benzene rings is 5. The van der Waals surface area contributed by atoms with Gasteiger partial charge in [0.15, 0.2) is 12.2 Å². The fourth-order valence-corrected chi connectivity index (χ4v) is 6.23. The summed E-state index contributed by atoms with van der Waals surface area (Å²) < 4.78 is 31.6. The predicted molar refractivity (Wildman–Crippen MR) is 208 cm³/mol. The highest BCUT2D eigenvalue weighted by molar-refractivity contribution is 5.47. The zero-order valence-electron chi connectivity index (χ0n) is 30.6. The van der Waals surface area contributed by atoms with Gasteiger partial charge in [-0.25, -0.2) is 9.97 Å². The van der Waals surface area contributed by atoms with Crippen molar-refractivity contribution < 1.29 is 23.7 Å². The molecule has 6 aromatic rings. The minimum atomic E-state index is -1.10. The number of azide groups is 1. The lowest BCUT2D eigenvalue weighted by atomic mass is 9.80. The number of methoxy groups -OCH3 is 2. The molecule has 0 saturated heterocycles. The number of aromatic nitrogens is 2. The molecule has 0 aliphatic rings. The van der Waals surface area contributed by atoms with E-state index in [0.717, 1.165) is 16.7 Å². The van der Waals surface area contributed by atoms with Crippen molar-refractivity contribution in [2.75, 3.05) is 39.8 Å². The van der Waals surface area contributed by atoms with Crippen molar-refractivity contribution in [3.8, 4) is 23.0 Å². The number of ether oxygens (including phenoxy) is 5. The van der Waals surface area contributed by atoms with Crippen LogP contribution in [0.25, 0.3) is 10.4 Å². The summed E-state index contributed by atoms with van der Waals surface area (Å²) in [5, 5.41) is 4.36. The molecule has 5 aromatic carbocycles. The highest BCUT2D eigenvalue weighted by atomic mass is 16.5. The van der Waals surface area contributed by atoms with Crippen molar-refractivity contribution in [3.63, 3.8) is 0 Å². The Kier molecular flexibility index (Phi) is 12.3. The van der Waals surface area contributed by atoms with E-state index in [1.165, 1.54) is 0 Å². The largest absolute Gasteiger partial charge is 0.497 e. The first kappa shape index (κ1) is 37.2. The van der Waals surface area contributed by atoms with Gasteiger partial charge >= 0.3 is 0 Å². The van der Waals surface area contributed by atoms with Gasteiger partial charge in [0.05, 0.1) is 20.8 Å². The lowest BCUT2D eigenvalue weighted by Gasteiger charge is -2.38. The van der Waals surface area contributed by atoms with Gasteiger partial charge in [0.2, 0.25) is 5.95 Å². The molecule has 0 aliphatic carbocycles. The molecular weight excluding hydrogens is 681 g/mol. The van der Waals surface area contributed by atoms with Crippen LogP contribution >= 0.6 is 0 Å². The Balaban J connectivity index is 1.49. The molecular formula is C43H42N6O5. The topological polar surface area (TPSA) is 124 Å². The van der Waals surface area contributed by atoms with Gasteiger partial charge in [-0.3, -0.25) is 0 Å². The second kappa shape index (κ2) is 17.8. The van der Waals surface area contributed by atoms with Crippen LogP contribution in [0.5, 0.6) is 23.0 Å². The van der Waals surface area contributed by atoms with E-state index in [4.69, 9.17) is 23.7 Å². The molecule has 1 heterocycles. The first-order valence-electron chi connectivity index (χ1n) is 17.4. The molecule has 0 amide bonds. The number of anilines is 1. The molecule has 1 aromatic heterocycles. The van der Waals surface area contributed by atoms with Crippen LogP contribution in [-0.2, 0) is 10.3 Å². The fraction of sp³-hybridized carbons (Fsp3) is 0.209. The second-order valence-corrected chi connectivity index (χ2v) is 12.5.